The standard InChI is InChI=1S/C17H26N4OS/c1-14(2)16(10-18)20-5-7-21(8-6-20)17(22)12-19(3)11-15-4-9-23-13-15/h4,9,13-14,16H,5-8,11-12H2,1-3H3/t16-/m1/s1. The monoisotopic (exact) mass is 334 g/mol. The molecular weight excluding hydrogens is 308 g/mol. The largest absolute Gasteiger partial charge is 0.339 e. The molecule has 0 radical (unpaired) electrons. The van der Waals surface area contributed by atoms with Crippen molar-refractivity contribution in [1.82, 2.24) is 14.7 Å². The highest BCUT2D eigenvalue weighted by Crippen LogP contribution is 2.14. The van der Waals surface area contributed by atoms with E-state index >= 15 is 0 Å². The van der Waals surface area contributed by atoms with E-state index in [4.69, 9.17) is 0 Å². The van der Waals surface area contributed by atoms with Crippen molar-refractivity contribution in [2.24, 2.45) is 5.92 Å². The van der Waals surface area contributed by atoms with Crippen LogP contribution >= 0.6 is 11.3 Å². The van der Waals surface area contributed by atoms with Gasteiger partial charge in [0.15, 0.2) is 0 Å². The minimum absolute atomic E-state index is 0.0477. The van der Waals surface area contributed by atoms with E-state index in [0.717, 1.165) is 32.7 Å². The highest BCUT2D eigenvalue weighted by atomic mass is 32.1. The predicted octanol–water partition coefficient (Wildman–Crippen LogP) is 1.87. The summed E-state index contributed by atoms with van der Waals surface area (Å²) < 4.78 is 0. The zero-order valence-corrected chi connectivity index (χ0v) is 15.1. The van der Waals surface area contributed by atoms with E-state index in [-0.39, 0.29) is 11.9 Å². The van der Waals surface area contributed by atoms with Crippen LogP contribution in [0.25, 0.3) is 0 Å². The van der Waals surface area contributed by atoms with Gasteiger partial charge in [0.05, 0.1) is 12.6 Å². The zero-order valence-electron chi connectivity index (χ0n) is 14.2. The van der Waals surface area contributed by atoms with Crippen molar-refractivity contribution in [2.45, 2.75) is 26.4 Å². The second kappa shape index (κ2) is 8.44. The topological polar surface area (TPSA) is 50.6 Å². The smallest absolute Gasteiger partial charge is 0.236 e. The van der Waals surface area contributed by atoms with Crippen molar-refractivity contribution >= 4 is 17.2 Å². The van der Waals surface area contributed by atoms with Gasteiger partial charge in [0, 0.05) is 32.7 Å². The minimum atomic E-state index is -0.0477. The van der Waals surface area contributed by atoms with Gasteiger partial charge in [0.25, 0.3) is 0 Å². The highest BCUT2D eigenvalue weighted by molar-refractivity contribution is 7.07. The van der Waals surface area contributed by atoms with Crippen LogP contribution in [0.4, 0.5) is 0 Å². The Balaban J connectivity index is 1.78. The fraction of sp³-hybridized carbons (Fsp3) is 0.647. The summed E-state index contributed by atoms with van der Waals surface area (Å²) in [6.45, 7) is 8.41. The average Bonchev–Trinajstić information content (AvgIpc) is 3.01. The summed E-state index contributed by atoms with van der Waals surface area (Å²) in [5.74, 6) is 0.499. The van der Waals surface area contributed by atoms with Crippen LogP contribution in [-0.4, -0.2) is 66.4 Å². The molecule has 1 fully saturated rings. The molecule has 5 nitrogen and oxygen atoms in total. The Morgan fingerprint density at radius 2 is 2.09 bits per heavy atom. The normalized spacial score (nSPS) is 17.5. The molecule has 0 saturated carbocycles. The fourth-order valence-corrected chi connectivity index (χ4v) is 3.64. The van der Waals surface area contributed by atoms with Gasteiger partial charge in [-0.05, 0) is 35.4 Å². The van der Waals surface area contributed by atoms with Gasteiger partial charge in [-0.2, -0.15) is 16.6 Å². The first kappa shape index (κ1) is 17.9. The number of hydrogen-bond donors (Lipinski definition) is 0. The van der Waals surface area contributed by atoms with Gasteiger partial charge in [-0.25, -0.2) is 0 Å². The maximum absolute atomic E-state index is 12.4. The molecule has 1 aliphatic heterocycles. The predicted molar refractivity (Wildman–Crippen MR) is 93.0 cm³/mol. The van der Waals surface area contributed by atoms with Crippen LogP contribution in [0, 0.1) is 17.2 Å². The number of likely N-dealkylation sites (N-methyl/N-ethyl adjacent to an activating group) is 1. The van der Waals surface area contributed by atoms with E-state index in [2.05, 4.69) is 46.5 Å². The van der Waals surface area contributed by atoms with Crippen molar-refractivity contribution < 1.29 is 4.79 Å². The number of hydrogen-bond acceptors (Lipinski definition) is 5. The van der Waals surface area contributed by atoms with E-state index in [1.807, 2.05) is 11.9 Å². The van der Waals surface area contributed by atoms with Gasteiger partial charge >= 0.3 is 0 Å². The van der Waals surface area contributed by atoms with Gasteiger partial charge in [-0.15, -0.1) is 0 Å². The molecule has 0 spiro atoms. The van der Waals surface area contributed by atoms with Gasteiger partial charge in [-0.1, -0.05) is 13.8 Å². The average molecular weight is 334 g/mol. The molecule has 1 aromatic heterocycles. The number of carbonyl (C=O) groups is 1. The van der Waals surface area contributed by atoms with E-state index in [9.17, 15) is 10.1 Å². The number of nitrogens with zero attached hydrogens (tertiary/aromatic N) is 4. The second-order valence-electron chi connectivity index (χ2n) is 6.54. The van der Waals surface area contributed by atoms with Gasteiger partial charge < -0.3 is 4.90 Å². The maximum Gasteiger partial charge on any atom is 0.236 e. The molecule has 126 valence electrons. The van der Waals surface area contributed by atoms with Crippen LogP contribution in [-0.2, 0) is 11.3 Å². The summed E-state index contributed by atoms with van der Waals surface area (Å²) in [5.41, 5.74) is 1.25. The first-order valence-corrected chi connectivity index (χ1v) is 9.06. The Bertz CT molecular complexity index is 529. The molecule has 6 heteroatoms. The van der Waals surface area contributed by atoms with Crippen LogP contribution in [0.3, 0.4) is 0 Å². The lowest BCUT2D eigenvalue weighted by atomic mass is 10.0. The summed E-state index contributed by atoms with van der Waals surface area (Å²) in [5, 5.41) is 13.5. The second-order valence-corrected chi connectivity index (χ2v) is 7.32. The Morgan fingerprint density at radius 3 is 2.61 bits per heavy atom. The number of carbonyl (C=O) groups excluding carboxylic acids is 1. The number of rotatable bonds is 6. The summed E-state index contributed by atoms with van der Waals surface area (Å²) in [6.07, 6.45) is 0. The van der Waals surface area contributed by atoms with E-state index < -0.39 is 0 Å². The summed E-state index contributed by atoms with van der Waals surface area (Å²) in [4.78, 5) is 18.6. The lowest BCUT2D eigenvalue weighted by molar-refractivity contribution is -0.134. The molecule has 1 saturated heterocycles. The fourth-order valence-electron chi connectivity index (χ4n) is 2.98. The molecule has 0 aliphatic carbocycles. The molecule has 0 unspecified atom stereocenters. The summed E-state index contributed by atoms with van der Waals surface area (Å²) in [7, 11) is 1.98. The van der Waals surface area contributed by atoms with Crippen molar-refractivity contribution in [3.63, 3.8) is 0 Å². The van der Waals surface area contributed by atoms with Gasteiger partial charge in [0.2, 0.25) is 5.91 Å². The molecule has 23 heavy (non-hydrogen) atoms. The van der Waals surface area contributed by atoms with Crippen LogP contribution in [0.15, 0.2) is 16.8 Å². The summed E-state index contributed by atoms with van der Waals surface area (Å²) >= 11 is 1.68. The third kappa shape index (κ3) is 5.03. The van der Waals surface area contributed by atoms with Gasteiger partial charge in [-0.3, -0.25) is 14.6 Å². The number of amides is 1. The highest BCUT2D eigenvalue weighted by Gasteiger charge is 2.27. The first-order valence-electron chi connectivity index (χ1n) is 8.12. The molecule has 1 atom stereocenters. The third-order valence-electron chi connectivity index (χ3n) is 4.26. The van der Waals surface area contributed by atoms with E-state index in [1.54, 1.807) is 11.3 Å². The van der Waals surface area contributed by atoms with E-state index in [0.29, 0.717) is 12.5 Å². The molecule has 1 amide bonds. The Kier molecular flexibility index (Phi) is 6.58. The van der Waals surface area contributed by atoms with Crippen molar-refractivity contribution in [2.75, 3.05) is 39.8 Å². The number of thiophene rings is 1. The SMILES string of the molecule is CC(C)[C@@H](C#N)N1CCN(C(=O)CN(C)Cc2ccsc2)CC1. The Morgan fingerprint density at radius 1 is 1.39 bits per heavy atom. The van der Waals surface area contributed by atoms with Crippen LogP contribution in [0.5, 0.6) is 0 Å². The zero-order chi connectivity index (χ0) is 16.8. The Hall–Kier alpha value is -1.42. The Labute approximate surface area is 143 Å². The molecule has 0 aromatic carbocycles. The molecule has 1 aromatic rings. The number of nitriles is 1. The number of piperazine rings is 1. The molecule has 1 aliphatic rings. The van der Waals surface area contributed by atoms with Crippen LogP contribution in [0.1, 0.15) is 19.4 Å². The van der Waals surface area contributed by atoms with Crippen molar-refractivity contribution in [1.29, 1.82) is 5.26 Å². The van der Waals surface area contributed by atoms with Crippen molar-refractivity contribution in [3.8, 4) is 6.07 Å². The molecule has 0 bridgehead atoms. The minimum Gasteiger partial charge on any atom is -0.339 e. The maximum atomic E-state index is 12.4. The first-order chi connectivity index (χ1) is 11.0. The quantitative estimate of drug-likeness (QED) is 0.797. The van der Waals surface area contributed by atoms with Crippen LogP contribution < -0.4 is 0 Å². The molecule has 2 heterocycles. The van der Waals surface area contributed by atoms with Crippen molar-refractivity contribution in [3.05, 3.63) is 22.4 Å². The molecule has 2 rings (SSSR count). The lowest BCUT2D eigenvalue weighted by Crippen LogP contribution is -2.54. The van der Waals surface area contributed by atoms with Crippen LogP contribution in [0.2, 0.25) is 0 Å². The summed E-state index contributed by atoms with van der Waals surface area (Å²) in [6, 6.07) is 4.44. The molecule has 0 N–H and O–H groups in total. The van der Waals surface area contributed by atoms with E-state index in [1.165, 1.54) is 5.56 Å². The molecular formula is C17H26N4OS. The third-order valence-corrected chi connectivity index (χ3v) is 4.99. The van der Waals surface area contributed by atoms with Gasteiger partial charge in [0.1, 0.15) is 6.04 Å². The lowest BCUT2D eigenvalue weighted by Gasteiger charge is -2.38.